The Hall–Kier alpha value is -2.05. The maximum atomic E-state index is 12.8. The van der Waals surface area contributed by atoms with Gasteiger partial charge in [-0.25, -0.2) is 13.1 Å². The highest BCUT2D eigenvalue weighted by Gasteiger charge is 2.25. The van der Waals surface area contributed by atoms with Crippen molar-refractivity contribution >= 4 is 10.0 Å². The van der Waals surface area contributed by atoms with Crippen molar-refractivity contribution in [2.24, 2.45) is 5.92 Å². The molecule has 1 N–H and O–H groups in total. The monoisotopic (exact) mass is 375 g/mol. The van der Waals surface area contributed by atoms with Crippen LogP contribution in [0, 0.1) is 5.92 Å². The summed E-state index contributed by atoms with van der Waals surface area (Å²) in [5.41, 5.74) is 1.97. The standard InChI is InChI=1S/C20H25NO4S/c1-4-15-5-8-17(9-6-15)26(22,23)21-20(14(2)3)16-7-10-18-19(13-16)25-12-11-24-18/h5-10,13-14,20-21H,4,11-12H2,1-3H3/t20-/m0/s1. The quantitative estimate of drug-likeness (QED) is 0.836. The van der Waals surface area contributed by atoms with E-state index in [1.807, 2.05) is 51.1 Å². The Balaban J connectivity index is 1.88. The Morgan fingerprint density at radius 3 is 2.27 bits per heavy atom. The lowest BCUT2D eigenvalue weighted by atomic mass is 9.97. The summed E-state index contributed by atoms with van der Waals surface area (Å²) in [6.07, 6.45) is 0.875. The van der Waals surface area contributed by atoms with Crippen molar-refractivity contribution in [2.45, 2.75) is 38.1 Å². The number of nitrogens with one attached hydrogen (secondary N) is 1. The molecule has 1 atom stereocenters. The highest BCUT2D eigenvalue weighted by Crippen LogP contribution is 2.35. The minimum Gasteiger partial charge on any atom is -0.486 e. The largest absolute Gasteiger partial charge is 0.486 e. The predicted octanol–water partition coefficient (Wildman–Crippen LogP) is 3.70. The molecule has 2 aromatic carbocycles. The molecule has 0 aliphatic carbocycles. The normalized spacial score (nSPS) is 15.1. The van der Waals surface area contributed by atoms with Crippen molar-refractivity contribution in [3.05, 3.63) is 53.6 Å². The topological polar surface area (TPSA) is 64.6 Å². The van der Waals surface area contributed by atoms with Crippen LogP contribution in [0.4, 0.5) is 0 Å². The van der Waals surface area contributed by atoms with Crippen LogP contribution in [0.25, 0.3) is 0 Å². The van der Waals surface area contributed by atoms with Crippen molar-refractivity contribution in [1.82, 2.24) is 4.72 Å². The third kappa shape index (κ3) is 4.02. The molecule has 3 rings (SSSR count). The fourth-order valence-electron chi connectivity index (χ4n) is 2.98. The second-order valence-electron chi connectivity index (χ2n) is 6.74. The Labute approximate surface area is 155 Å². The fourth-order valence-corrected chi connectivity index (χ4v) is 4.35. The summed E-state index contributed by atoms with van der Waals surface area (Å²) in [5.74, 6) is 1.42. The van der Waals surface area contributed by atoms with Crippen LogP contribution in [0.2, 0.25) is 0 Å². The van der Waals surface area contributed by atoms with E-state index in [2.05, 4.69) is 4.72 Å². The smallest absolute Gasteiger partial charge is 0.241 e. The molecule has 140 valence electrons. The SMILES string of the molecule is CCc1ccc(S(=O)(=O)N[C@H](c2ccc3c(c2)OCCO3)C(C)C)cc1. The molecule has 1 heterocycles. The first-order valence-corrected chi connectivity index (χ1v) is 10.4. The van der Waals surface area contributed by atoms with Crippen molar-refractivity contribution < 1.29 is 17.9 Å². The van der Waals surface area contributed by atoms with Gasteiger partial charge in [-0.1, -0.05) is 39.0 Å². The van der Waals surface area contributed by atoms with Crippen molar-refractivity contribution in [2.75, 3.05) is 13.2 Å². The third-order valence-corrected chi connectivity index (χ3v) is 5.97. The summed E-state index contributed by atoms with van der Waals surface area (Å²) in [7, 11) is -3.62. The van der Waals surface area contributed by atoms with Gasteiger partial charge in [0.1, 0.15) is 13.2 Å². The molecule has 1 aliphatic rings. The number of aryl methyl sites for hydroxylation is 1. The molecule has 26 heavy (non-hydrogen) atoms. The van der Waals surface area contributed by atoms with E-state index in [9.17, 15) is 8.42 Å². The number of benzene rings is 2. The molecule has 2 aromatic rings. The van der Waals surface area contributed by atoms with Crippen LogP contribution in [0.3, 0.4) is 0 Å². The third-order valence-electron chi connectivity index (χ3n) is 4.52. The lowest BCUT2D eigenvalue weighted by Crippen LogP contribution is -2.32. The number of fused-ring (bicyclic) bond motifs is 1. The Morgan fingerprint density at radius 1 is 1.00 bits per heavy atom. The fraction of sp³-hybridized carbons (Fsp3) is 0.400. The van der Waals surface area contributed by atoms with Crippen molar-refractivity contribution in [1.29, 1.82) is 0 Å². The molecule has 0 fully saturated rings. The molecule has 0 bridgehead atoms. The van der Waals surface area contributed by atoms with Crippen LogP contribution in [-0.4, -0.2) is 21.6 Å². The Kier molecular flexibility index (Phi) is 5.53. The van der Waals surface area contributed by atoms with E-state index in [0.717, 1.165) is 17.5 Å². The molecule has 0 spiro atoms. The second-order valence-corrected chi connectivity index (χ2v) is 8.46. The van der Waals surface area contributed by atoms with E-state index < -0.39 is 10.0 Å². The average molecular weight is 375 g/mol. The average Bonchev–Trinajstić information content (AvgIpc) is 2.65. The summed E-state index contributed by atoms with van der Waals surface area (Å²) in [5, 5.41) is 0. The van der Waals surface area contributed by atoms with E-state index in [-0.39, 0.29) is 16.9 Å². The minimum atomic E-state index is -3.62. The zero-order valence-electron chi connectivity index (χ0n) is 15.4. The van der Waals surface area contributed by atoms with Gasteiger partial charge in [0, 0.05) is 6.04 Å². The number of hydrogen-bond acceptors (Lipinski definition) is 4. The summed E-state index contributed by atoms with van der Waals surface area (Å²) in [4.78, 5) is 0.276. The molecule has 0 unspecified atom stereocenters. The first-order chi connectivity index (χ1) is 12.4. The van der Waals surface area contributed by atoms with Crippen LogP contribution < -0.4 is 14.2 Å². The zero-order valence-corrected chi connectivity index (χ0v) is 16.2. The molecule has 6 heteroatoms. The van der Waals surface area contributed by atoms with Gasteiger partial charge < -0.3 is 9.47 Å². The zero-order chi connectivity index (χ0) is 18.7. The maximum absolute atomic E-state index is 12.8. The van der Waals surface area contributed by atoms with Gasteiger partial charge in [0.15, 0.2) is 11.5 Å². The summed E-state index contributed by atoms with van der Waals surface area (Å²) >= 11 is 0. The van der Waals surface area contributed by atoms with Gasteiger partial charge in [0.2, 0.25) is 10.0 Å². The lowest BCUT2D eigenvalue weighted by molar-refractivity contribution is 0.171. The van der Waals surface area contributed by atoms with Gasteiger partial charge in [0.05, 0.1) is 4.90 Å². The minimum absolute atomic E-state index is 0.0715. The molecule has 1 aliphatic heterocycles. The van der Waals surface area contributed by atoms with E-state index in [4.69, 9.17) is 9.47 Å². The highest BCUT2D eigenvalue weighted by molar-refractivity contribution is 7.89. The van der Waals surface area contributed by atoms with Gasteiger partial charge in [-0.05, 0) is 47.7 Å². The van der Waals surface area contributed by atoms with E-state index in [1.54, 1.807) is 12.1 Å². The second kappa shape index (κ2) is 7.68. The van der Waals surface area contributed by atoms with E-state index in [0.29, 0.717) is 24.7 Å². The maximum Gasteiger partial charge on any atom is 0.241 e. The van der Waals surface area contributed by atoms with E-state index in [1.165, 1.54) is 0 Å². The first kappa shape index (κ1) is 18.7. The Bertz CT molecular complexity index is 860. The lowest BCUT2D eigenvalue weighted by Gasteiger charge is -2.25. The summed E-state index contributed by atoms with van der Waals surface area (Å²) in [6.45, 7) is 7.05. The van der Waals surface area contributed by atoms with Gasteiger partial charge >= 0.3 is 0 Å². The molecule has 0 saturated heterocycles. The summed E-state index contributed by atoms with van der Waals surface area (Å²) in [6, 6.07) is 12.2. The molecule has 5 nitrogen and oxygen atoms in total. The number of sulfonamides is 1. The van der Waals surface area contributed by atoms with Crippen LogP contribution in [0.1, 0.15) is 37.9 Å². The predicted molar refractivity (Wildman–Crippen MR) is 101 cm³/mol. The van der Waals surface area contributed by atoms with Crippen LogP contribution >= 0.6 is 0 Å². The molecule has 0 aromatic heterocycles. The first-order valence-electron chi connectivity index (χ1n) is 8.91. The van der Waals surface area contributed by atoms with Crippen LogP contribution in [0.5, 0.6) is 11.5 Å². The van der Waals surface area contributed by atoms with Crippen molar-refractivity contribution in [3.63, 3.8) is 0 Å². The van der Waals surface area contributed by atoms with Gasteiger partial charge in [-0.2, -0.15) is 0 Å². The van der Waals surface area contributed by atoms with Crippen LogP contribution in [0.15, 0.2) is 47.4 Å². The van der Waals surface area contributed by atoms with Gasteiger partial charge in [-0.15, -0.1) is 0 Å². The molecular formula is C20H25NO4S. The number of hydrogen-bond donors (Lipinski definition) is 1. The molecular weight excluding hydrogens is 350 g/mol. The Morgan fingerprint density at radius 2 is 1.65 bits per heavy atom. The summed E-state index contributed by atoms with van der Waals surface area (Å²) < 4.78 is 39.7. The van der Waals surface area contributed by atoms with Crippen LogP contribution in [-0.2, 0) is 16.4 Å². The van der Waals surface area contributed by atoms with Gasteiger partial charge in [-0.3, -0.25) is 0 Å². The molecule has 0 radical (unpaired) electrons. The van der Waals surface area contributed by atoms with Crippen molar-refractivity contribution in [3.8, 4) is 11.5 Å². The van der Waals surface area contributed by atoms with E-state index >= 15 is 0 Å². The number of rotatable bonds is 6. The van der Waals surface area contributed by atoms with Gasteiger partial charge in [0.25, 0.3) is 0 Å². The molecule has 0 amide bonds. The molecule has 0 saturated carbocycles. The highest BCUT2D eigenvalue weighted by atomic mass is 32.2. The number of ether oxygens (including phenoxy) is 2.